The first-order valence-electron chi connectivity index (χ1n) is 7.96. The van der Waals surface area contributed by atoms with Crippen LogP contribution in [0.4, 0.5) is 4.39 Å². The Labute approximate surface area is 129 Å². The Morgan fingerprint density at radius 1 is 1.27 bits per heavy atom. The Morgan fingerprint density at radius 3 is 2.73 bits per heavy atom. The number of hydrogen-bond acceptors (Lipinski definition) is 3. The highest BCUT2D eigenvalue weighted by Crippen LogP contribution is 2.48. The Hall–Kier alpha value is -1.62. The highest BCUT2D eigenvalue weighted by atomic mass is 19.1. The summed E-state index contributed by atoms with van der Waals surface area (Å²) in [6.45, 7) is 0.417. The smallest absolute Gasteiger partial charge is 0.223 e. The quantitative estimate of drug-likeness (QED) is 0.846. The number of rotatable bonds is 6. The predicted molar refractivity (Wildman–Crippen MR) is 79.8 cm³/mol. The standard InChI is InChI=1S/C17H22FNO3/c18-13-3-5-14(6-4-13)22-8-7-16(21)19-17-12-2-1-11(9-12)15(17)10-20/h3-6,11-12,15,17,20H,1-2,7-10H2,(H,19,21). The Morgan fingerprint density at radius 2 is 2.00 bits per heavy atom. The molecule has 4 unspecified atom stereocenters. The third kappa shape index (κ3) is 3.24. The van der Waals surface area contributed by atoms with E-state index < -0.39 is 0 Å². The zero-order chi connectivity index (χ0) is 15.5. The maximum Gasteiger partial charge on any atom is 0.223 e. The monoisotopic (exact) mass is 307 g/mol. The van der Waals surface area contributed by atoms with Crippen molar-refractivity contribution in [2.45, 2.75) is 31.7 Å². The molecule has 5 heteroatoms. The van der Waals surface area contributed by atoms with Crippen molar-refractivity contribution >= 4 is 5.91 Å². The van der Waals surface area contributed by atoms with Crippen LogP contribution >= 0.6 is 0 Å². The number of benzene rings is 1. The number of halogens is 1. The molecule has 2 aliphatic carbocycles. The van der Waals surface area contributed by atoms with E-state index in [9.17, 15) is 14.3 Å². The molecule has 120 valence electrons. The number of nitrogens with one attached hydrogen (secondary N) is 1. The van der Waals surface area contributed by atoms with E-state index in [1.54, 1.807) is 12.1 Å². The summed E-state index contributed by atoms with van der Waals surface area (Å²) in [5.41, 5.74) is 0. The van der Waals surface area contributed by atoms with Gasteiger partial charge < -0.3 is 15.2 Å². The summed E-state index contributed by atoms with van der Waals surface area (Å²) in [6, 6.07) is 5.87. The molecule has 0 radical (unpaired) electrons. The third-order valence-electron chi connectivity index (χ3n) is 5.04. The molecule has 3 rings (SSSR count). The number of carbonyl (C=O) groups excluding carboxylic acids is 1. The van der Waals surface area contributed by atoms with E-state index in [2.05, 4.69) is 5.32 Å². The Balaban J connectivity index is 1.43. The minimum atomic E-state index is -0.309. The lowest BCUT2D eigenvalue weighted by Gasteiger charge is -2.30. The van der Waals surface area contributed by atoms with Crippen molar-refractivity contribution in [3.05, 3.63) is 30.1 Å². The Kier molecular flexibility index (Phi) is 4.62. The van der Waals surface area contributed by atoms with E-state index in [4.69, 9.17) is 4.74 Å². The minimum absolute atomic E-state index is 0.0434. The second-order valence-corrected chi connectivity index (χ2v) is 6.33. The van der Waals surface area contributed by atoms with Gasteiger partial charge in [0.1, 0.15) is 11.6 Å². The lowest BCUT2D eigenvalue weighted by atomic mass is 9.85. The van der Waals surface area contributed by atoms with Crippen LogP contribution in [0, 0.1) is 23.6 Å². The first-order valence-corrected chi connectivity index (χ1v) is 7.96. The van der Waals surface area contributed by atoms with Gasteiger partial charge in [-0.05, 0) is 55.4 Å². The van der Waals surface area contributed by atoms with Gasteiger partial charge in [0.15, 0.2) is 0 Å². The molecule has 0 aromatic heterocycles. The number of aliphatic hydroxyl groups is 1. The molecule has 0 saturated heterocycles. The zero-order valence-electron chi connectivity index (χ0n) is 12.5. The van der Waals surface area contributed by atoms with Gasteiger partial charge in [-0.1, -0.05) is 0 Å². The topological polar surface area (TPSA) is 58.6 Å². The summed E-state index contributed by atoms with van der Waals surface area (Å²) in [5.74, 6) is 1.50. The van der Waals surface area contributed by atoms with Crippen LogP contribution in [0.15, 0.2) is 24.3 Å². The number of fused-ring (bicyclic) bond motifs is 2. The van der Waals surface area contributed by atoms with Crippen LogP contribution in [0.3, 0.4) is 0 Å². The van der Waals surface area contributed by atoms with Crippen LogP contribution in [0.25, 0.3) is 0 Å². The molecule has 0 aliphatic heterocycles. The van der Waals surface area contributed by atoms with Crippen LogP contribution in [0.1, 0.15) is 25.7 Å². The summed E-state index contributed by atoms with van der Waals surface area (Å²) in [5, 5.41) is 12.6. The largest absolute Gasteiger partial charge is 0.493 e. The second-order valence-electron chi connectivity index (χ2n) is 6.33. The average Bonchev–Trinajstić information content (AvgIpc) is 3.10. The Bertz CT molecular complexity index is 519. The van der Waals surface area contributed by atoms with E-state index >= 15 is 0 Å². The number of ether oxygens (including phenoxy) is 1. The minimum Gasteiger partial charge on any atom is -0.493 e. The maximum absolute atomic E-state index is 12.8. The summed E-state index contributed by atoms with van der Waals surface area (Å²) in [6.07, 6.45) is 3.72. The second kappa shape index (κ2) is 6.65. The van der Waals surface area contributed by atoms with Gasteiger partial charge >= 0.3 is 0 Å². The molecule has 2 bridgehead atoms. The molecule has 0 heterocycles. The summed E-state index contributed by atoms with van der Waals surface area (Å²) >= 11 is 0. The highest BCUT2D eigenvalue weighted by Gasteiger charge is 2.47. The number of hydrogen-bond donors (Lipinski definition) is 2. The van der Waals surface area contributed by atoms with Crippen molar-refractivity contribution in [3.63, 3.8) is 0 Å². The molecule has 4 atom stereocenters. The van der Waals surface area contributed by atoms with Crippen molar-refractivity contribution in [1.82, 2.24) is 5.32 Å². The fourth-order valence-electron chi connectivity index (χ4n) is 3.95. The lowest BCUT2D eigenvalue weighted by Crippen LogP contribution is -2.45. The van der Waals surface area contributed by atoms with Gasteiger partial charge in [0.25, 0.3) is 0 Å². The fraction of sp³-hybridized carbons (Fsp3) is 0.588. The summed E-state index contributed by atoms with van der Waals surface area (Å²) in [4.78, 5) is 12.0. The van der Waals surface area contributed by atoms with E-state index in [-0.39, 0.29) is 43.3 Å². The molecule has 2 fully saturated rings. The number of aliphatic hydroxyl groups excluding tert-OH is 1. The van der Waals surface area contributed by atoms with Crippen molar-refractivity contribution < 1.29 is 19.0 Å². The lowest BCUT2D eigenvalue weighted by molar-refractivity contribution is -0.123. The summed E-state index contributed by atoms with van der Waals surface area (Å²) in [7, 11) is 0. The molecule has 2 N–H and O–H groups in total. The molecule has 2 saturated carbocycles. The van der Waals surface area contributed by atoms with Crippen LogP contribution in [-0.4, -0.2) is 30.3 Å². The van der Waals surface area contributed by atoms with Gasteiger partial charge in [-0.3, -0.25) is 4.79 Å². The van der Waals surface area contributed by atoms with Gasteiger partial charge in [0.2, 0.25) is 5.91 Å². The predicted octanol–water partition coefficient (Wildman–Crippen LogP) is 2.12. The maximum atomic E-state index is 12.8. The normalized spacial score (nSPS) is 29.5. The fourth-order valence-corrected chi connectivity index (χ4v) is 3.95. The number of amides is 1. The SMILES string of the molecule is O=C(CCOc1ccc(F)cc1)NC1C2CCC(C2)C1CO. The van der Waals surface area contributed by atoms with Gasteiger partial charge in [-0.15, -0.1) is 0 Å². The van der Waals surface area contributed by atoms with Crippen molar-refractivity contribution in [1.29, 1.82) is 0 Å². The number of carbonyl (C=O) groups is 1. The third-order valence-corrected chi connectivity index (χ3v) is 5.04. The van der Waals surface area contributed by atoms with Crippen LogP contribution in [-0.2, 0) is 4.79 Å². The molecule has 1 aromatic rings. The van der Waals surface area contributed by atoms with Crippen molar-refractivity contribution in [2.24, 2.45) is 17.8 Å². The summed E-state index contributed by atoms with van der Waals surface area (Å²) < 4.78 is 18.2. The molecule has 1 aromatic carbocycles. The van der Waals surface area contributed by atoms with Crippen LogP contribution < -0.4 is 10.1 Å². The molecule has 1 amide bonds. The first kappa shape index (κ1) is 15.3. The van der Waals surface area contributed by atoms with Gasteiger partial charge in [-0.2, -0.15) is 0 Å². The van der Waals surface area contributed by atoms with Crippen molar-refractivity contribution in [2.75, 3.05) is 13.2 Å². The van der Waals surface area contributed by atoms with E-state index in [1.165, 1.54) is 18.6 Å². The van der Waals surface area contributed by atoms with E-state index in [0.717, 1.165) is 12.8 Å². The van der Waals surface area contributed by atoms with Crippen LogP contribution in [0.2, 0.25) is 0 Å². The molecule has 22 heavy (non-hydrogen) atoms. The molecule has 2 aliphatic rings. The molecular formula is C17H22FNO3. The molecular weight excluding hydrogens is 285 g/mol. The molecule has 4 nitrogen and oxygen atoms in total. The first-order chi connectivity index (χ1) is 10.7. The average molecular weight is 307 g/mol. The van der Waals surface area contributed by atoms with Crippen molar-refractivity contribution in [3.8, 4) is 5.75 Å². The zero-order valence-corrected chi connectivity index (χ0v) is 12.5. The highest BCUT2D eigenvalue weighted by molar-refractivity contribution is 5.76. The van der Waals surface area contributed by atoms with Crippen LogP contribution in [0.5, 0.6) is 5.75 Å². The molecule has 0 spiro atoms. The van der Waals surface area contributed by atoms with Gasteiger partial charge in [0, 0.05) is 18.6 Å². The van der Waals surface area contributed by atoms with Gasteiger partial charge in [0.05, 0.1) is 13.0 Å². The van der Waals surface area contributed by atoms with E-state index in [0.29, 0.717) is 17.6 Å². The van der Waals surface area contributed by atoms with Gasteiger partial charge in [-0.25, -0.2) is 4.39 Å². The van der Waals surface area contributed by atoms with E-state index in [1.807, 2.05) is 0 Å².